The average Bonchev–Trinajstić information content (AvgIpc) is 3.19. The number of hydrogen-bond donors (Lipinski definition) is 2. The molecule has 1 atom stereocenters. The topological polar surface area (TPSA) is 85.3 Å². The van der Waals surface area contributed by atoms with E-state index in [9.17, 15) is 4.79 Å². The number of carbonyl (C=O) groups is 1. The van der Waals surface area contributed by atoms with Crippen LogP contribution < -0.4 is 11.1 Å². The van der Waals surface area contributed by atoms with Crippen LogP contribution in [-0.2, 0) is 0 Å². The Balaban J connectivity index is 1.84. The summed E-state index contributed by atoms with van der Waals surface area (Å²) >= 11 is 0. The van der Waals surface area contributed by atoms with Crippen LogP contribution in [0, 0.1) is 5.41 Å². The lowest BCUT2D eigenvalue weighted by molar-refractivity contribution is 0.100. The molecular weight excluding hydrogens is 326 g/mol. The van der Waals surface area contributed by atoms with E-state index in [0.717, 1.165) is 28.8 Å². The summed E-state index contributed by atoms with van der Waals surface area (Å²) in [6, 6.07) is 6.23. The predicted molar refractivity (Wildman–Crippen MR) is 102 cm³/mol. The van der Waals surface area contributed by atoms with Crippen LogP contribution in [0.25, 0.3) is 16.6 Å². The Hall–Kier alpha value is -2.89. The van der Waals surface area contributed by atoms with Gasteiger partial charge in [0.05, 0.1) is 23.0 Å². The summed E-state index contributed by atoms with van der Waals surface area (Å²) in [4.78, 5) is 16.2. The van der Waals surface area contributed by atoms with Gasteiger partial charge in [0.2, 0.25) is 0 Å². The fourth-order valence-corrected chi connectivity index (χ4v) is 3.86. The van der Waals surface area contributed by atoms with Crippen molar-refractivity contribution in [2.24, 2.45) is 11.1 Å². The fourth-order valence-electron chi connectivity index (χ4n) is 3.86. The van der Waals surface area contributed by atoms with E-state index in [2.05, 4.69) is 29.2 Å². The maximum Gasteiger partial charge on any atom is 0.252 e. The number of rotatable bonds is 4. The number of hydrogen-bond acceptors (Lipinski definition) is 4. The van der Waals surface area contributed by atoms with Gasteiger partial charge in [0.15, 0.2) is 0 Å². The van der Waals surface area contributed by atoms with Crippen molar-refractivity contribution in [3.8, 4) is 11.1 Å². The zero-order valence-electron chi connectivity index (χ0n) is 15.1. The second-order valence-corrected chi connectivity index (χ2v) is 7.68. The van der Waals surface area contributed by atoms with E-state index in [0.29, 0.717) is 11.6 Å². The molecule has 6 heteroatoms. The molecule has 3 heterocycles. The van der Waals surface area contributed by atoms with Crippen molar-refractivity contribution in [1.29, 1.82) is 0 Å². The number of primary amides is 1. The molecule has 1 aliphatic carbocycles. The third-order valence-corrected chi connectivity index (χ3v) is 5.47. The molecule has 4 rings (SSSR count). The normalized spacial score (nSPS) is 18.9. The molecule has 0 bridgehead atoms. The molecule has 1 amide bonds. The zero-order chi connectivity index (χ0) is 18.3. The van der Waals surface area contributed by atoms with Crippen molar-refractivity contribution in [3.05, 3.63) is 48.5 Å². The summed E-state index contributed by atoms with van der Waals surface area (Å²) in [5.74, 6) is -0.470. The largest absolute Gasteiger partial charge is 0.379 e. The standard InChI is InChI=1S/C20H23N5O/c1-20(2)7-3-6-17(20)24-18-15(19(21)26)11-23-25-12-14(9-16(18)25)13-5-4-8-22-10-13/h4-5,8-12,17,24H,3,6-7H2,1-2H3,(H2,21,26)/t17-/m1/s1. The Morgan fingerprint density at radius 2 is 2.19 bits per heavy atom. The minimum Gasteiger partial charge on any atom is -0.379 e. The lowest BCUT2D eigenvalue weighted by Gasteiger charge is -2.29. The second kappa shape index (κ2) is 6.12. The van der Waals surface area contributed by atoms with Crippen molar-refractivity contribution in [3.63, 3.8) is 0 Å². The summed E-state index contributed by atoms with van der Waals surface area (Å²) in [5.41, 5.74) is 9.85. The van der Waals surface area contributed by atoms with Crippen LogP contribution in [-0.4, -0.2) is 26.5 Å². The van der Waals surface area contributed by atoms with Gasteiger partial charge in [-0.2, -0.15) is 5.10 Å². The molecule has 0 aromatic carbocycles. The predicted octanol–water partition coefficient (Wildman–Crippen LogP) is 3.49. The molecule has 3 N–H and O–H groups in total. The van der Waals surface area contributed by atoms with E-state index in [4.69, 9.17) is 5.73 Å². The Kier molecular flexibility index (Phi) is 3.90. The van der Waals surface area contributed by atoms with Gasteiger partial charge in [-0.25, -0.2) is 4.52 Å². The second-order valence-electron chi connectivity index (χ2n) is 7.68. The van der Waals surface area contributed by atoms with Gasteiger partial charge >= 0.3 is 0 Å². The van der Waals surface area contributed by atoms with Gasteiger partial charge in [0, 0.05) is 35.8 Å². The van der Waals surface area contributed by atoms with Crippen LogP contribution >= 0.6 is 0 Å². The number of nitrogens with two attached hydrogens (primary N) is 1. The monoisotopic (exact) mass is 349 g/mol. The van der Waals surface area contributed by atoms with Crippen molar-refractivity contribution in [1.82, 2.24) is 14.6 Å². The first-order valence-electron chi connectivity index (χ1n) is 8.94. The van der Waals surface area contributed by atoms with E-state index in [-0.39, 0.29) is 5.41 Å². The van der Waals surface area contributed by atoms with E-state index in [1.807, 2.05) is 30.6 Å². The summed E-state index contributed by atoms with van der Waals surface area (Å²) in [5, 5.41) is 7.99. The number of anilines is 1. The van der Waals surface area contributed by atoms with Gasteiger partial charge in [-0.3, -0.25) is 9.78 Å². The molecule has 1 aliphatic rings. The third kappa shape index (κ3) is 2.81. The number of pyridine rings is 1. The van der Waals surface area contributed by atoms with Gasteiger partial charge in [-0.05, 0) is 30.4 Å². The quantitative estimate of drug-likeness (QED) is 0.755. The van der Waals surface area contributed by atoms with Crippen LogP contribution in [0.1, 0.15) is 43.5 Å². The van der Waals surface area contributed by atoms with Gasteiger partial charge < -0.3 is 11.1 Å². The molecule has 1 fully saturated rings. The molecule has 0 spiro atoms. The highest BCUT2D eigenvalue weighted by molar-refractivity contribution is 6.02. The number of aromatic nitrogens is 3. The summed E-state index contributed by atoms with van der Waals surface area (Å²) in [6.45, 7) is 4.53. The molecule has 0 saturated heterocycles. The smallest absolute Gasteiger partial charge is 0.252 e. The van der Waals surface area contributed by atoms with E-state index in [1.54, 1.807) is 16.9 Å². The fraction of sp³-hybridized carbons (Fsp3) is 0.350. The maximum absolute atomic E-state index is 12.0. The van der Waals surface area contributed by atoms with Crippen LogP contribution in [0.15, 0.2) is 43.0 Å². The maximum atomic E-state index is 12.0. The van der Waals surface area contributed by atoms with Gasteiger partial charge in [0.25, 0.3) is 5.91 Å². The highest BCUT2D eigenvalue weighted by Crippen LogP contribution is 2.40. The van der Waals surface area contributed by atoms with Crippen LogP contribution in [0.4, 0.5) is 5.69 Å². The molecule has 0 radical (unpaired) electrons. The van der Waals surface area contributed by atoms with Gasteiger partial charge in [-0.15, -0.1) is 0 Å². The third-order valence-electron chi connectivity index (χ3n) is 5.47. The number of carbonyl (C=O) groups excluding carboxylic acids is 1. The van der Waals surface area contributed by atoms with E-state index >= 15 is 0 Å². The Morgan fingerprint density at radius 3 is 2.85 bits per heavy atom. The first-order valence-corrected chi connectivity index (χ1v) is 8.94. The van der Waals surface area contributed by atoms with Crippen molar-refractivity contribution >= 4 is 17.1 Å². The van der Waals surface area contributed by atoms with Gasteiger partial charge in [0.1, 0.15) is 0 Å². The summed E-state index contributed by atoms with van der Waals surface area (Å²) in [7, 11) is 0. The molecule has 3 aromatic heterocycles. The lowest BCUT2D eigenvalue weighted by atomic mass is 9.87. The van der Waals surface area contributed by atoms with Crippen molar-refractivity contribution in [2.75, 3.05) is 5.32 Å². The Bertz CT molecular complexity index is 961. The number of amides is 1. The summed E-state index contributed by atoms with van der Waals surface area (Å²) < 4.78 is 1.79. The Labute approximate surface area is 152 Å². The van der Waals surface area contributed by atoms with Crippen LogP contribution in [0.5, 0.6) is 0 Å². The van der Waals surface area contributed by atoms with Crippen LogP contribution in [0.3, 0.4) is 0 Å². The molecular formula is C20H23N5O. The number of nitrogens with zero attached hydrogens (tertiary/aromatic N) is 3. The zero-order valence-corrected chi connectivity index (χ0v) is 15.1. The minimum absolute atomic E-state index is 0.175. The number of fused-ring (bicyclic) bond motifs is 1. The SMILES string of the molecule is CC1(C)CCC[C@H]1Nc1c(C(N)=O)cnn2cc(-c3cccnc3)cc12. The van der Waals surface area contributed by atoms with Crippen molar-refractivity contribution < 1.29 is 4.79 Å². The number of nitrogens with one attached hydrogen (secondary N) is 1. The highest BCUT2D eigenvalue weighted by Gasteiger charge is 2.35. The first-order chi connectivity index (χ1) is 12.5. The summed E-state index contributed by atoms with van der Waals surface area (Å²) in [6.07, 6.45) is 10.5. The minimum atomic E-state index is -0.470. The molecule has 0 aliphatic heterocycles. The average molecular weight is 349 g/mol. The first kappa shape index (κ1) is 16.6. The van der Waals surface area contributed by atoms with Crippen LogP contribution in [0.2, 0.25) is 0 Å². The molecule has 3 aromatic rings. The van der Waals surface area contributed by atoms with E-state index < -0.39 is 5.91 Å². The molecule has 6 nitrogen and oxygen atoms in total. The highest BCUT2D eigenvalue weighted by atomic mass is 16.1. The molecule has 0 unspecified atom stereocenters. The lowest BCUT2D eigenvalue weighted by Crippen LogP contribution is -2.32. The molecule has 26 heavy (non-hydrogen) atoms. The molecule has 134 valence electrons. The van der Waals surface area contributed by atoms with Gasteiger partial charge in [-0.1, -0.05) is 26.3 Å². The Morgan fingerprint density at radius 1 is 1.35 bits per heavy atom. The van der Waals surface area contributed by atoms with E-state index in [1.165, 1.54) is 12.8 Å². The molecule has 1 saturated carbocycles. The van der Waals surface area contributed by atoms with Crippen molar-refractivity contribution in [2.45, 2.75) is 39.2 Å².